The molecular formula is C10H17N3O2. The molecule has 5 heteroatoms. The summed E-state index contributed by atoms with van der Waals surface area (Å²) < 4.78 is 1.49. The van der Waals surface area contributed by atoms with E-state index in [1.807, 2.05) is 0 Å². The van der Waals surface area contributed by atoms with Crippen molar-refractivity contribution in [3.63, 3.8) is 0 Å². The van der Waals surface area contributed by atoms with Crippen molar-refractivity contribution >= 4 is 5.82 Å². The standard InChI is InChI=1S/C10H17N3O2/c1-13-7-6-12-9(10(13)15)11-5-3-2-4-8-14/h6-7,14H,2-5,8H2,1H3,(H,11,12). The first kappa shape index (κ1) is 11.7. The Labute approximate surface area is 88.8 Å². The average Bonchev–Trinajstić information content (AvgIpc) is 2.24. The molecule has 0 aliphatic carbocycles. The van der Waals surface area contributed by atoms with Crippen LogP contribution in [0.15, 0.2) is 17.2 Å². The Kier molecular flexibility index (Phi) is 4.83. The Morgan fingerprint density at radius 3 is 3.00 bits per heavy atom. The molecular weight excluding hydrogens is 194 g/mol. The Bertz CT molecular complexity index is 349. The third-order valence-electron chi connectivity index (χ3n) is 2.14. The Balaban J connectivity index is 2.38. The zero-order valence-electron chi connectivity index (χ0n) is 8.94. The minimum absolute atomic E-state index is 0.111. The number of aliphatic hydroxyl groups excluding tert-OH is 1. The fourth-order valence-corrected chi connectivity index (χ4v) is 1.24. The van der Waals surface area contributed by atoms with Crippen LogP contribution in [0, 0.1) is 0 Å². The van der Waals surface area contributed by atoms with Crippen molar-refractivity contribution in [2.45, 2.75) is 19.3 Å². The van der Waals surface area contributed by atoms with Gasteiger partial charge in [0.2, 0.25) is 0 Å². The first-order valence-corrected chi connectivity index (χ1v) is 5.12. The lowest BCUT2D eigenvalue weighted by atomic mass is 10.2. The number of aliphatic hydroxyl groups is 1. The Morgan fingerprint density at radius 1 is 1.47 bits per heavy atom. The number of unbranched alkanes of at least 4 members (excludes halogenated alkanes) is 2. The summed E-state index contributed by atoms with van der Waals surface area (Å²) in [4.78, 5) is 15.4. The monoisotopic (exact) mass is 211 g/mol. The van der Waals surface area contributed by atoms with Crippen LogP contribution in [-0.2, 0) is 7.05 Å². The normalized spacial score (nSPS) is 10.3. The Hall–Kier alpha value is -1.36. The summed E-state index contributed by atoms with van der Waals surface area (Å²) in [7, 11) is 1.70. The van der Waals surface area contributed by atoms with Crippen LogP contribution in [0.25, 0.3) is 0 Å². The molecule has 1 aromatic rings. The molecule has 0 radical (unpaired) electrons. The maximum Gasteiger partial charge on any atom is 0.293 e. The highest BCUT2D eigenvalue weighted by atomic mass is 16.2. The van der Waals surface area contributed by atoms with Gasteiger partial charge in [0.1, 0.15) is 0 Å². The van der Waals surface area contributed by atoms with E-state index in [0.29, 0.717) is 12.4 Å². The molecule has 5 nitrogen and oxygen atoms in total. The highest BCUT2D eigenvalue weighted by Gasteiger charge is 2.00. The van der Waals surface area contributed by atoms with Gasteiger partial charge in [-0.1, -0.05) is 0 Å². The predicted molar refractivity (Wildman–Crippen MR) is 58.9 cm³/mol. The second-order valence-electron chi connectivity index (χ2n) is 3.40. The van der Waals surface area contributed by atoms with Gasteiger partial charge in [0.05, 0.1) is 0 Å². The SMILES string of the molecule is Cn1ccnc(NCCCCCO)c1=O. The van der Waals surface area contributed by atoms with Crippen LogP contribution < -0.4 is 10.9 Å². The number of nitrogens with zero attached hydrogens (tertiary/aromatic N) is 2. The molecule has 0 bridgehead atoms. The van der Waals surface area contributed by atoms with E-state index in [4.69, 9.17) is 5.11 Å². The summed E-state index contributed by atoms with van der Waals surface area (Å²) in [6.45, 7) is 0.942. The van der Waals surface area contributed by atoms with Crippen molar-refractivity contribution in [3.8, 4) is 0 Å². The fraction of sp³-hybridized carbons (Fsp3) is 0.600. The summed E-state index contributed by atoms with van der Waals surface area (Å²) in [6.07, 6.45) is 5.91. The van der Waals surface area contributed by atoms with E-state index in [1.54, 1.807) is 19.4 Å². The lowest BCUT2D eigenvalue weighted by Crippen LogP contribution is -2.22. The molecule has 84 valence electrons. The van der Waals surface area contributed by atoms with Gasteiger partial charge in [0.15, 0.2) is 5.82 Å². The number of anilines is 1. The van der Waals surface area contributed by atoms with Crippen LogP contribution in [0.1, 0.15) is 19.3 Å². The topological polar surface area (TPSA) is 67.2 Å². The number of nitrogens with one attached hydrogen (secondary N) is 1. The molecule has 0 aliphatic heterocycles. The molecule has 0 aromatic carbocycles. The maximum absolute atomic E-state index is 11.5. The third kappa shape index (κ3) is 3.71. The van der Waals surface area contributed by atoms with Gasteiger partial charge in [-0.25, -0.2) is 4.98 Å². The van der Waals surface area contributed by atoms with Crippen LogP contribution in [0.5, 0.6) is 0 Å². The fourth-order valence-electron chi connectivity index (χ4n) is 1.24. The summed E-state index contributed by atoms with van der Waals surface area (Å²) in [5.74, 6) is 0.393. The average molecular weight is 211 g/mol. The summed E-state index contributed by atoms with van der Waals surface area (Å²) in [6, 6.07) is 0. The molecule has 0 saturated carbocycles. The van der Waals surface area contributed by atoms with Crippen molar-refractivity contribution in [2.24, 2.45) is 7.05 Å². The smallest absolute Gasteiger partial charge is 0.293 e. The number of rotatable bonds is 6. The van der Waals surface area contributed by atoms with Crippen molar-refractivity contribution in [1.29, 1.82) is 0 Å². The van der Waals surface area contributed by atoms with Gasteiger partial charge in [-0.05, 0) is 19.3 Å². The predicted octanol–water partition coefficient (Wildman–Crippen LogP) is 0.355. The minimum Gasteiger partial charge on any atom is -0.396 e. The second kappa shape index (κ2) is 6.19. The second-order valence-corrected chi connectivity index (χ2v) is 3.40. The van der Waals surface area contributed by atoms with Gasteiger partial charge in [-0.15, -0.1) is 0 Å². The molecule has 1 aromatic heterocycles. The van der Waals surface area contributed by atoms with Gasteiger partial charge in [-0.2, -0.15) is 0 Å². The van der Waals surface area contributed by atoms with Crippen LogP contribution in [-0.4, -0.2) is 27.8 Å². The largest absolute Gasteiger partial charge is 0.396 e. The zero-order chi connectivity index (χ0) is 11.1. The molecule has 0 spiro atoms. The lowest BCUT2D eigenvalue weighted by molar-refractivity contribution is 0.283. The van der Waals surface area contributed by atoms with E-state index >= 15 is 0 Å². The minimum atomic E-state index is -0.111. The molecule has 15 heavy (non-hydrogen) atoms. The van der Waals surface area contributed by atoms with E-state index in [2.05, 4.69) is 10.3 Å². The third-order valence-corrected chi connectivity index (χ3v) is 2.14. The highest BCUT2D eigenvalue weighted by Crippen LogP contribution is 1.96. The molecule has 0 atom stereocenters. The van der Waals surface area contributed by atoms with E-state index in [1.165, 1.54) is 4.57 Å². The van der Waals surface area contributed by atoms with Crippen LogP contribution in [0.2, 0.25) is 0 Å². The van der Waals surface area contributed by atoms with Crippen molar-refractivity contribution in [2.75, 3.05) is 18.5 Å². The summed E-state index contributed by atoms with van der Waals surface area (Å²) in [5.41, 5.74) is -0.111. The van der Waals surface area contributed by atoms with Gasteiger partial charge in [-0.3, -0.25) is 4.79 Å². The van der Waals surface area contributed by atoms with Gasteiger partial charge in [0, 0.05) is 32.6 Å². The number of aromatic nitrogens is 2. The number of hydrogen-bond acceptors (Lipinski definition) is 4. The molecule has 0 saturated heterocycles. The number of hydrogen-bond donors (Lipinski definition) is 2. The van der Waals surface area contributed by atoms with Gasteiger partial charge < -0.3 is 15.0 Å². The molecule has 0 aliphatic rings. The highest BCUT2D eigenvalue weighted by molar-refractivity contribution is 5.30. The quantitative estimate of drug-likeness (QED) is 0.666. The number of aryl methyl sites for hydroxylation is 1. The zero-order valence-corrected chi connectivity index (χ0v) is 8.94. The maximum atomic E-state index is 11.5. The van der Waals surface area contributed by atoms with Gasteiger partial charge in [0.25, 0.3) is 5.56 Å². The first-order chi connectivity index (χ1) is 7.25. The van der Waals surface area contributed by atoms with E-state index in [-0.39, 0.29) is 12.2 Å². The van der Waals surface area contributed by atoms with Crippen LogP contribution in [0.4, 0.5) is 5.82 Å². The Morgan fingerprint density at radius 2 is 2.27 bits per heavy atom. The van der Waals surface area contributed by atoms with Gasteiger partial charge >= 0.3 is 0 Å². The molecule has 1 heterocycles. The van der Waals surface area contributed by atoms with E-state index < -0.39 is 0 Å². The first-order valence-electron chi connectivity index (χ1n) is 5.12. The lowest BCUT2D eigenvalue weighted by Gasteiger charge is -2.05. The molecule has 2 N–H and O–H groups in total. The van der Waals surface area contributed by atoms with Crippen LogP contribution in [0.3, 0.4) is 0 Å². The molecule has 1 rings (SSSR count). The van der Waals surface area contributed by atoms with Crippen molar-refractivity contribution in [1.82, 2.24) is 9.55 Å². The van der Waals surface area contributed by atoms with Crippen LogP contribution >= 0.6 is 0 Å². The van der Waals surface area contributed by atoms with Crippen molar-refractivity contribution < 1.29 is 5.11 Å². The van der Waals surface area contributed by atoms with E-state index in [0.717, 1.165) is 19.3 Å². The van der Waals surface area contributed by atoms with E-state index in [9.17, 15) is 4.79 Å². The summed E-state index contributed by atoms with van der Waals surface area (Å²) in [5, 5.41) is 11.6. The molecule has 0 amide bonds. The molecule has 0 fully saturated rings. The van der Waals surface area contributed by atoms with Crippen molar-refractivity contribution in [3.05, 3.63) is 22.7 Å². The molecule has 0 unspecified atom stereocenters. The summed E-state index contributed by atoms with van der Waals surface area (Å²) >= 11 is 0.